The maximum atomic E-state index is 12.8. The fraction of sp³-hybridized carbons (Fsp3) is 0.300. The molecule has 4 nitrogen and oxygen atoms in total. The molecule has 2 heterocycles. The van der Waals surface area contributed by atoms with E-state index in [1.807, 2.05) is 31.2 Å². The molecule has 5 heteroatoms. The van der Waals surface area contributed by atoms with Gasteiger partial charge in [-0.15, -0.1) is 0 Å². The lowest BCUT2D eigenvalue weighted by atomic mass is 9.87. The van der Waals surface area contributed by atoms with Gasteiger partial charge in [0, 0.05) is 23.0 Å². The van der Waals surface area contributed by atoms with Crippen LogP contribution in [0, 0.1) is 0 Å². The fourth-order valence-electron chi connectivity index (χ4n) is 2.80. The fourth-order valence-corrected chi connectivity index (χ4v) is 2.95. The number of benzene rings is 1. The lowest BCUT2D eigenvalue weighted by Crippen LogP contribution is -2.17. The third-order valence-electron chi connectivity index (χ3n) is 4.22. The first kappa shape index (κ1) is 17.5. The molecule has 0 aliphatic rings. The smallest absolute Gasteiger partial charge is 0.274 e. The van der Waals surface area contributed by atoms with Gasteiger partial charge in [0.25, 0.3) is 5.91 Å². The number of fused-ring (bicyclic) bond motifs is 1. The van der Waals surface area contributed by atoms with E-state index < -0.39 is 0 Å². The Bertz CT molecular complexity index is 921. The lowest BCUT2D eigenvalue weighted by Gasteiger charge is -2.19. The molecule has 25 heavy (non-hydrogen) atoms. The van der Waals surface area contributed by atoms with Crippen molar-refractivity contribution in [2.24, 2.45) is 0 Å². The van der Waals surface area contributed by atoms with Gasteiger partial charge in [0.1, 0.15) is 11.3 Å². The maximum Gasteiger partial charge on any atom is 0.274 e. The summed E-state index contributed by atoms with van der Waals surface area (Å²) >= 11 is 6.03. The van der Waals surface area contributed by atoms with Crippen LogP contribution in [0.3, 0.4) is 0 Å². The summed E-state index contributed by atoms with van der Waals surface area (Å²) < 4.78 is 1.78. The van der Waals surface area contributed by atoms with Gasteiger partial charge in [-0.3, -0.25) is 9.20 Å². The molecule has 0 fully saturated rings. The summed E-state index contributed by atoms with van der Waals surface area (Å²) in [5.41, 5.74) is 4.06. The molecule has 2 aromatic heterocycles. The SMILES string of the molecule is CCc1nc2cc(Cl)ccn2c1C(=O)Nc1ccc(C(C)(C)C)cc1. The quantitative estimate of drug-likeness (QED) is 0.710. The van der Waals surface area contributed by atoms with E-state index in [-0.39, 0.29) is 11.3 Å². The second-order valence-corrected chi connectivity index (χ2v) is 7.55. The maximum absolute atomic E-state index is 12.8. The monoisotopic (exact) mass is 355 g/mol. The molecule has 0 aliphatic heterocycles. The van der Waals surface area contributed by atoms with Crippen molar-refractivity contribution in [3.05, 3.63) is 64.6 Å². The van der Waals surface area contributed by atoms with Gasteiger partial charge in [0.15, 0.2) is 0 Å². The van der Waals surface area contributed by atoms with E-state index in [0.717, 1.165) is 11.4 Å². The van der Waals surface area contributed by atoms with E-state index in [9.17, 15) is 4.79 Å². The highest BCUT2D eigenvalue weighted by molar-refractivity contribution is 6.30. The lowest BCUT2D eigenvalue weighted by molar-refractivity contribution is 0.102. The molecule has 0 saturated carbocycles. The number of anilines is 1. The Hall–Kier alpha value is -2.33. The van der Waals surface area contributed by atoms with Crippen molar-refractivity contribution in [3.8, 4) is 0 Å². The molecular formula is C20H22ClN3O. The number of aromatic nitrogens is 2. The molecule has 0 atom stereocenters. The molecule has 1 aromatic carbocycles. The molecule has 130 valence electrons. The van der Waals surface area contributed by atoms with Crippen LogP contribution in [0.1, 0.15) is 49.4 Å². The molecule has 0 saturated heterocycles. The number of pyridine rings is 1. The summed E-state index contributed by atoms with van der Waals surface area (Å²) in [6.07, 6.45) is 2.45. The normalized spacial score (nSPS) is 11.7. The van der Waals surface area contributed by atoms with Crippen LogP contribution in [0.4, 0.5) is 5.69 Å². The second-order valence-electron chi connectivity index (χ2n) is 7.12. The zero-order valence-corrected chi connectivity index (χ0v) is 15.7. The molecule has 1 amide bonds. The first-order chi connectivity index (χ1) is 11.8. The predicted molar refractivity (Wildman–Crippen MR) is 103 cm³/mol. The number of carbonyl (C=O) groups is 1. The van der Waals surface area contributed by atoms with Crippen LogP contribution in [0.2, 0.25) is 5.02 Å². The number of imidazole rings is 1. The molecule has 0 radical (unpaired) electrons. The molecular weight excluding hydrogens is 334 g/mol. The minimum absolute atomic E-state index is 0.0822. The topological polar surface area (TPSA) is 46.4 Å². The van der Waals surface area contributed by atoms with Crippen LogP contribution in [-0.4, -0.2) is 15.3 Å². The summed E-state index contributed by atoms with van der Waals surface area (Å²) in [6.45, 7) is 8.48. The van der Waals surface area contributed by atoms with Gasteiger partial charge >= 0.3 is 0 Å². The molecule has 1 N–H and O–H groups in total. The van der Waals surface area contributed by atoms with Gasteiger partial charge < -0.3 is 5.32 Å². The van der Waals surface area contributed by atoms with Crippen molar-refractivity contribution in [1.29, 1.82) is 0 Å². The summed E-state index contributed by atoms with van der Waals surface area (Å²) in [5.74, 6) is -0.171. The van der Waals surface area contributed by atoms with Crippen molar-refractivity contribution in [2.45, 2.75) is 39.5 Å². The van der Waals surface area contributed by atoms with Crippen LogP contribution in [-0.2, 0) is 11.8 Å². The molecule has 0 aliphatic carbocycles. The Kier molecular flexibility index (Phi) is 4.56. The van der Waals surface area contributed by atoms with Crippen molar-refractivity contribution >= 4 is 28.8 Å². The molecule has 0 bridgehead atoms. The van der Waals surface area contributed by atoms with Crippen LogP contribution in [0.15, 0.2) is 42.6 Å². The van der Waals surface area contributed by atoms with E-state index in [0.29, 0.717) is 22.8 Å². The van der Waals surface area contributed by atoms with E-state index in [1.165, 1.54) is 5.56 Å². The highest BCUT2D eigenvalue weighted by Crippen LogP contribution is 2.24. The Morgan fingerprint density at radius 1 is 1.20 bits per heavy atom. The summed E-state index contributed by atoms with van der Waals surface area (Å²) in [7, 11) is 0. The average Bonchev–Trinajstić information content (AvgIpc) is 2.92. The van der Waals surface area contributed by atoms with Crippen LogP contribution >= 0.6 is 11.6 Å². The van der Waals surface area contributed by atoms with Crippen molar-refractivity contribution in [1.82, 2.24) is 9.38 Å². The highest BCUT2D eigenvalue weighted by atomic mass is 35.5. The number of aryl methyl sites for hydroxylation is 1. The summed E-state index contributed by atoms with van der Waals surface area (Å²) in [5, 5.41) is 3.57. The number of hydrogen-bond acceptors (Lipinski definition) is 2. The van der Waals surface area contributed by atoms with Crippen molar-refractivity contribution < 1.29 is 4.79 Å². The standard InChI is InChI=1S/C20H22ClN3O/c1-5-16-18(24-11-10-14(21)12-17(24)23-16)19(25)22-15-8-6-13(7-9-15)20(2,3)4/h6-12H,5H2,1-4H3,(H,22,25). The average molecular weight is 356 g/mol. The molecule has 0 spiro atoms. The van der Waals surface area contributed by atoms with Gasteiger partial charge in [0.2, 0.25) is 0 Å². The first-order valence-corrected chi connectivity index (χ1v) is 8.76. The van der Waals surface area contributed by atoms with Crippen LogP contribution in [0.5, 0.6) is 0 Å². The van der Waals surface area contributed by atoms with Gasteiger partial charge in [-0.2, -0.15) is 0 Å². The molecule has 0 unspecified atom stereocenters. The van der Waals surface area contributed by atoms with Gasteiger partial charge in [-0.1, -0.05) is 51.4 Å². The number of nitrogens with zero attached hydrogens (tertiary/aromatic N) is 2. The number of amides is 1. The minimum Gasteiger partial charge on any atom is -0.321 e. The van der Waals surface area contributed by atoms with Gasteiger partial charge in [0.05, 0.1) is 5.69 Å². The van der Waals surface area contributed by atoms with E-state index in [4.69, 9.17) is 11.6 Å². The Balaban J connectivity index is 1.92. The number of hydrogen-bond donors (Lipinski definition) is 1. The van der Waals surface area contributed by atoms with E-state index >= 15 is 0 Å². The van der Waals surface area contributed by atoms with Crippen LogP contribution < -0.4 is 5.32 Å². The highest BCUT2D eigenvalue weighted by Gasteiger charge is 2.19. The Morgan fingerprint density at radius 2 is 1.88 bits per heavy atom. The van der Waals surface area contributed by atoms with Crippen LogP contribution in [0.25, 0.3) is 5.65 Å². The number of halogens is 1. The largest absolute Gasteiger partial charge is 0.321 e. The second kappa shape index (κ2) is 6.52. The predicted octanol–water partition coefficient (Wildman–Crippen LogP) is 5.10. The summed E-state index contributed by atoms with van der Waals surface area (Å²) in [4.78, 5) is 17.3. The summed E-state index contributed by atoms with van der Waals surface area (Å²) in [6, 6.07) is 11.5. The number of rotatable bonds is 3. The zero-order chi connectivity index (χ0) is 18.2. The number of carbonyl (C=O) groups excluding carboxylic acids is 1. The third-order valence-corrected chi connectivity index (χ3v) is 4.45. The van der Waals surface area contributed by atoms with Gasteiger partial charge in [-0.25, -0.2) is 4.98 Å². The van der Waals surface area contributed by atoms with E-state index in [2.05, 4.69) is 31.1 Å². The van der Waals surface area contributed by atoms with E-state index in [1.54, 1.807) is 22.7 Å². The molecule has 3 aromatic rings. The van der Waals surface area contributed by atoms with Crippen molar-refractivity contribution in [2.75, 3.05) is 5.32 Å². The third kappa shape index (κ3) is 3.54. The number of nitrogens with one attached hydrogen (secondary N) is 1. The minimum atomic E-state index is -0.171. The first-order valence-electron chi connectivity index (χ1n) is 8.38. The Morgan fingerprint density at radius 3 is 2.48 bits per heavy atom. The van der Waals surface area contributed by atoms with Gasteiger partial charge in [-0.05, 0) is 35.6 Å². The zero-order valence-electron chi connectivity index (χ0n) is 14.9. The molecule has 3 rings (SSSR count). The van der Waals surface area contributed by atoms with Crippen molar-refractivity contribution in [3.63, 3.8) is 0 Å². The Labute approximate surface area is 152 Å².